The third-order valence-corrected chi connectivity index (χ3v) is 5.86. The van der Waals surface area contributed by atoms with E-state index in [9.17, 15) is 4.79 Å². The SMILES string of the molecule is CCCC(C)NC(=O)CSc1nnc(COc2c(C)cccc2C)n1-c1ccccc1. The first-order chi connectivity index (χ1) is 15.0. The van der Waals surface area contributed by atoms with Crippen molar-refractivity contribution < 1.29 is 9.53 Å². The van der Waals surface area contributed by atoms with Gasteiger partial charge >= 0.3 is 0 Å². The van der Waals surface area contributed by atoms with E-state index in [1.807, 2.05) is 73.9 Å². The minimum atomic E-state index is 0.00176. The van der Waals surface area contributed by atoms with Gasteiger partial charge in [0.25, 0.3) is 0 Å². The fraction of sp³-hybridized carbons (Fsp3) is 0.375. The van der Waals surface area contributed by atoms with Crippen LogP contribution in [0.3, 0.4) is 0 Å². The standard InChI is InChI=1S/C24H30N4O2S/c1-5-10-19(4)25-22(29)16-31-24-27-26-21(28(24)20-13-7-6-8-14-20)15-30-23-17(2)11-9-12-18(23)3/h6-9,11-14,19H,5,10,15-16H2,1-4H3,(H,25,29). The number of para-hydroxylation sites is 2. The number of rotatable bonds is 10. The molecule has 0 spiro atoms. The van der Waals surface area contributed by atoms with E-state index in [-0.39, 0.29) is 24.3 Å². The van der Waals surface area contributed by atoms with Gasteiger partial charge in [-0.05, 0) is 50.5 Å². The van der Waals surface area contributed by atoms with Crippen LogP contribution in [0.4, 0.5) is 0 Å². The van der Waals surface area contributed by atoms with Crippen molar-refractivity contribution in [3.05, 3.63) is 65.5 Å². The Morgan fingerprint density at radius 2 is 1.81 bits per heavy atom. The predicted molar refractivity (Wildman–Crippen MR) is 125 cm³/mol. The maximum atomic E-state index is 12.3. The maximum Gasteiger partial charge on any atom is 0.230 e. The van der Waals surface area contributed by atoms with Gasteiger partial charge in [0.1, 0.15) is 12.4 Å². The third kappa shape index (κ3) is 6.10. The van der Waals surface area contributed by atoms with E-state index in [1.165, 1.54) is 11.8 Å². The van der Waals surface area contributed by atoms with Gasteiger partial charge in [0.05, 0.1) is 5.75 Å². The summed E-state index contributed by atoms with van der Waals surface area (Å²) in [6.45, 7) is 8.49. The summed E-state index contributed by atoms with van der Waals surface area (Å²) >= 11 is 1.38. The first kappa shape index (κ1) is 22.9. The van der Waals surface area contributed by atoms with Gasteiger partial charge in [0.15, 0.2) is 11.0 Å². The Morgan fingerprint density at radius 1 is 1.10 bits per heavy atom. The summed E-state index contributed by atoms with van der Waals surface area (Å²) in [4.78, 5) is 12.3. The lowest BCUT2D eigenvalue weighted by molar-refractivity contribution is -0.119. The lowest BCUT2D eigenvalue weighted by Gasteiger charge is -2.14. The second kappa shape index (κ2) is 11.0. The van der Waals surface area contributed by atoms with E-state index in [4.69, 9.17) is 4.74 Å². The van der Waals surface area contributed by atoms with Gasteiger partial charge in [0, 0.05) is 11.7 Å². The number of carbonyl (C=O) groups is 1. The van der Waals surface area contributed by atoms with Crippen LogP contribution in [-0.4, -0.2) is 32.5 Å². The Kier molecular flexibility index (Phi) is 8.12. The number of aryl methyl sites for hydroxylation is 2. The van der Waals surface area contributed by atoms with Crippen molar-refractivity contribution in [2.45, 2.75) is 58.3 Å². The van der Waals surface area contributed by atoms with Crippen molar-refractivity contribution in [1.82, 2.24) is 20.1 Å². The molecular formula is C24H30N4O2S. The minimum absolute atomic E-state index is 0.00176. The molecule has 3 rings (SSSR count). The van der Waals surface area contributed by atoms with Crippen LogP contribution in [0, 0.1) is 13.8 Å². The van der Waals surface area contributed by atoms with Gasteiger partial charge in [0.2, 0.25) is 5.91 Å². The predicted octanol–water partition coefficient (Wildman–Crippen LogP) is 4.86. The molecule has 7 heteroatoms. The molecule has 0 bridgehead atoms. The summed E-state index contributed by atoms with van der Waals surface area (Å²) in [5.74, 6) is 1.85. The molecule has 1 atom stereocenters. The van der Waals surface area contributed by atoms with Crippen LogP contribution >= 0.6 is 11.8 Å². The first-order valence-corrected chi connectivity index (χ1v) is 11.6. The molecule has 1 heterocycles. The van der Waals surface area contributed by atoms with Crippen molar-refractivity contribution in [3.8, 4) is 11.4 Å². The molecule has 3 aromatic rings. The van der Waals surface area contributed by atoms with Crippen LogP contribution < -0.4 is 10.1 Å². The zero-order valence-corrected chi connectivity index (χ0v) is 19.4. The largest absolute Gasteiger partial charge is 0.485 e. The molecule has 0 fully saturated rings. The normalized spacial score (nSPS) is 11.9. The summed E-state index contributed by atoms with van der Waals surface area (Å²) in [7, 11) is 0. The lowest BCUT2D eigenvalue weighted by atomic mass is 10.1. The van der Waals surface area contributed by atoms with Gasteiger partial charge in [-0.15, -0.1) is 10.2 Å². The monoisotopic (exact) mass is 438 g/mol. The molecule has 0 radical (unpaired) electrons. The van der Waals surface area contributed by atoms with Gasteiger partial charge in [-0.25, -0.2) is 0 Å². The lowest BCUT2D eigenvalue weighted by Crippen LogP contribution is -2.33. The van der Waals surface area contributed by atoms with Crippen molar-refractivity contribution in [1.29, 1.82) is 0 Å². The topological polar surface area (TPSA) is 69.0 Å². The quantitative estimate of drug-likeness (QED) is 0.458. The maximum absolute atomic E-state index is 12.3. The summed E-state index contributed by atoms with van der Waals surface area (Å²) in [5, 5.41) is 12.4. The number of thioether (sulfide) groups is 1. The van der Waals surface area contributed by atoms with Crippen LogP contribution in [-0.2, 0) is 11.4 Å². The number of carbonyl (C=O) groups excluding carboxylic acids is 1. The number of hydrogen-bond donors (Lipinski definition) is 1. The fourth-order valence-electron chi connectivity index (χ4n) is 3.44. The number of amides is 1. The average molecular weight is 439 g/mol. The van der Waals surface area contributed by atoms with E-state index in [1.54, 1.807) is 0 Å². The molecule has 2 aromatic carbocycles. The molecule has 1 unspecified atom stereocenters. The van der Waals surface area contributed by atoms with E-state index in [0.717, 1.165) is 35.4 Å². The summed E-state index contributed by atoms with van der Waals surface area (Å²) in [6, 6.07) is 16.2. The first-order valence-electron chi connectivity index (χ1n) is 10.6. The van der Waals surface area contributed by atoms with Gasteiger partial charge in [-0.2, -0.15) is 0 Å². The molecule has 0 aliphatic carbocycles. The Bertz CT molecular complexity index is 984. The molecule has 1 aromatic heterocycles. The smallest absolute Gasteiger partial charge is 0.230 e. The van der Waals surface area contributed by atoms with E-state index >= 15 is 0 Å². The number of aromatic nitrogens is 3. The molecule has 0 aliphatic rings. The Balaban J connectivity index is 1.78. The van der Waals surface area contributed by atoms with Gasteiger partial charge < -0.3 is 10.1 Å². The fourth-order valence-corrected chi connectivity index (χ4v) is 4.22. The minimum Gasteiger partial charge on any atom is -0.485 e. The summed E-state index contributed by atoms with van der Waals surface area (Å²) in [6.07, 6.45) is 2.01. The van der Waals surface area contributed by atoms with Crippen molar-refractivity contribution in [3.63, 3.8) is 0 Å². The van der Waals surface area contributed by atoms with Crippen LogP contribution in [0.25, 0.3) is 5.69 Å². The second-order valence-electron chi connectivity index (χ2n) is 7.63. The Labute approximate surface area is 188 Å². The average Bonchev–Trinajstić information content (AvgIpc) is 3.15. The van der Waals surface area contributed by atoms with E-state index in [2.05, 4.69) is 22.4 Å². The molecule has 0 aliphatic heterocycles. The number of nitrogens with zero attached hydrogens (tertiary/aromatic N) is 3. The summed E-state index contributed by atoms with van der Waals surface area (Å²) in [5.41, 5.74) is 3.10. The zero-order valence-electron chi connectivity index (χ0n) is 18.6. The molecule has 164 valence electrons. The molecule has 1 amide bonds. The number of hydrogen-bond acceptors (Lipinski definition) is 5. The van der Waals surface area contributed by atoms with Crippen molar-refractivity contribution in [2.24, 2.45) is 0 Å². The van der Waals surface area contributed by atoms with Crippen molar-refractivity contribution >= 4 is 17.7 Å². The number of ether oxygens (including phenoxy) is 1. The van der Waals surface area contributed by atoms with Gasteiger partial charge in [-0.3, -0.25) is 9.36 Å². The highest BCUT2D eigenvalue weighted by molar-refractivity contribution is 7.99. The van der Waals surface area contributed by atoms with Crippen molar-refractivity contribution in [2.75, 3.05) is 5.75 Å². The zero-order chi connectivity index (χ0) is 22.2. The number of benzene rings is 2. The van der Waals surface area contributed by atoms with E-state index in [0.29, 0.717) is 11.0 Å². The summed E-state index contributed by atoms with van der Waals surface area (Å²) < 4.78 is 8.08. The van der Waals surface area contributed by atoms with Crippen LogP contribution in [0.15, 0.2) is 53.7 Å². The van der Waals surface area contributed by atoms with Crippen LogP contribution in [0.5, 0.6) is 5.75 Å². The number of nitrogens with one attached hydrogen (secondary N) is 1. The molecule has 0 saturated carbocycles. The molecule has 0 saturated heterocycles. The van der Waals surface area contributed by atoms with Gasteiger partial charge in [-0.1, -0.05) is 61.5 Å². The van der Waals surface area contributed by atoms with Crippen LogP contribution in [0.1, 0.15) is 43.6 Å². The molecule has 6 nitrogen and oxygen atoms in total. The Morgan fingerprint density at radius 3 is 2.48 bits per heavy atom. The third-order valence-electron chi connectivity index (χ3n) is 4.93. The Hall–Kier alpha value is -2.80. The highest BCUT2D eigenvalue weighted by atomic mass is 32.2. The van der Waals surface area contributed by atoms with E-state index < -0.39 is 0 Å². The molecule has 1 N–H and O–H groups in total. The molecular weight excluding hydrogens is 408 g/mol. The second-order valence-corrected chi connectivity index (χ2v) is 8.57. The highest BCUT2D eigenvalue weighted by Crippen LogP contribution is 2.26. The molecule has 31 heavy (non-hydrogen) atoms. The van der Waals surface area contributed by atoms with Crippen LogP contribution in [0.2, 0.25) is 0 Å². The highest BCUT2D eigenvalue weighted by Gasteiger charge is 2.17.